The zero-order valence-electron chi connectivity index (χ0n) is 8.50. The fourth-order valence-corrected chi connectivity index (χ4v) is 1.53. The molecule has 1 aromatic heterocycles. The van der Waals surface area contributed by atoms with E-state index >= 15 is 0 Å². The predicted octanol–water partition coefficient (Wildman–Crippen LogP) is 3.40. The van der Waals surface area contributed by atoms with Gasteiger partial charge >= 0.3 is 6.18 Å². The molecule has 0 N–H and O–H groups in total. The number of benzene rings is 1. The molecule has 2 aromatic rings. The average Bonchev–Trinajstić information content (AvgIpc) is 2.69. The molecule has 6 heteroatoms. The molecule has 0 atom stereocenters. The maximum absolute atomic E-state index is 12.3. The van der Waals surface area contributed by atoms with Gasteiger partial charge < -0.3 is 0 Å². The Labute approximate surface area is 101 Å². The molecule has 2 nitrogen and oxygen atoms in total. The molecule has 89 valence electrons. The zero-order chi connectivity index (χ0) is 12.5. The quantitative estimate of drug-likeness (QED) is 0.808. The molecular formula is C11H7ClF3N2. The van der Waals surface area contributed by atoms with Gasteiger partial charge in [-0.25, -0.2) is 0 Å². The maximum Gasteiger partial charge on any atom is 0.419 e. The molecule has 0 fully saturated rings. The molecule has 1 aromatic carbocycles. The lowest BCUT2D eigenvalue weighted by Gasteiger charge is -2.04. The zero-order valence-corrected chi connectivity index (χ0v) is 9.26. The third-order valence-corrected chi connectivity index (χ3v) is 2.54. The number of hydrogen-bond acceptors (Lipinski definition) is 1. The van der Waals surface area contributed by atoms with Crippen LogP contribution in [0, 0.1) is 6.07 Å². The molecule has 2 rings (SSSR count). The van der Waals surface area contributed by atoms with Crippen molar-refractivity contribution in [1.29, 1.82) is 0 Å². The fourth-order valence-electron chi connectivity index (χ4n) is 1.34. The fraction of sp³-hybridized carbons (Fsp3) is 0.182. The van der Waals surface area contributed by atoms with Crippen molar-refractivity contribution in [2.45, 2.75) is 12.7 Å². The van der Waals surface area contributed by atoms with Gasteiger partial charge in [0.2, 0.25) is 0 Å². The van der Waals surface area contributed by atoms with E-state index in [0.29, 0.717) is 10.6 Å². The first kappa shape index (κ1) is 12.0. The minimum atomic E-state index is -4.37. The summed E-state index contributed by atoms with van der Waals surface area (Å²) in [5, 5.41) is 4.10. The molecule has 0 aliphatic heterocycles. The highest BCUT2D eigenvalue weighted by Gasteiger charge is 2.32. The first-order valence-corrected chi connectivity index (χ1v) is 5.09. The lowest BCUT2D eigenvalue weighted by atomic mass is 10.2. The molecule has 0 unspecified atom stereocenters. The van der Waals surface area contributed by atoms with Crippen LogP contribution in [0.15, 0.2) is 30.6 Å². The summed E-state index contributed by atoms with van der Waals surface area (Å²) in [6.07, 6.45) is -2.62. The number of rotatable bonds is 2. The van der Waals surface area contributed by atoms with E-state index in [9.17, 15) is 13.2 Å². The van der Waals surface area contributed by atoms with Crippen molar-refractivity contribution in [3.63, 3.8) is 0 Å². The van der Waals surface area contributed by atoms with Crippen molar-refractivity contribution in [2.75, 3.05) is 0 Å². The number of aromatic nitrogens is 2. The van der Waals surface area contributed by atoms with Crippen LogP contribution in [-0.4, -0.2) is 9.78 Å². The van der Waals surface area contributed by atoms with E-state index in [0.717, 1.165) is 12.4 Å². The van der Waals surface area contributed by atoms with Crippen LogP contribution in [0.2, 0.25) is 5.02 Å². The Hall–Kier alpha value is -1.49. The van der Waals surface area contributed by atoms with Gasteiger partial charge in [-0.05, 0) is 17.7 Å². The summed E-state index contributed by atoms with van der Waals surface area (Å²) in [5.41, 5.74) is -0.0710. The second-order valence-electron chi connectivity index (χ2n) is 3.44. The van der Waals surface area contributed by atoms with Crippen LogP contribution >= 0.6 is 11.6 Å². The summed E-state index contributed by atoms with van der Waals surface area (Å²) in [5.74, 6) is 0. The molecule has 0 saturated carbocycles. The minimum Gasteiger partial charge on any atom is -0.268 e. The topological polar surface area (TPSA) is 17.8 Å². The Morgan fingerprint density at radius 2 is 2.18 bits per heavy atom. The molecule has 0 amide bonds. The van der Waals surface area contributed by atoms with Crippen molar-refractivity contribution >= 4 is 11.6 Å². The minimum absolute atomic E-state index is 0.198. The second-order valence-corrected chi connectivity index (χ2v) is 3.85. The van der Waals surface area contributed by atoms with Gasteiger partial charge in [-0.3, -0.25) is 4.68 Å². The van der Waals surface area contributed by atoms with Gasteiger partial charge in [0.15, 0.2) is 0 Å². The maximum atomic E-state index is 12.3. The van der Waals surface area contributed by atoms with Crippen LogP contribution in [0.4, 0.5) is 13.2 Å². The Morgan fingerprint density at radius 3 is 2.76 bits per heavy atom. The van der Waals surface area contributed by atoms with Gasteiger partial charge in [0, 0.05) is 11.2 Å². The van der Waals surface area contributed by atoms with E-state index in [1.54, 1.807) is 18.2 Å². The van der Waals surface area contributed by atoms with Crippen molar-refractivity contribution in [3.8, 4) is 0 Å². The normalized spacial score (nSPS) is 11.8. The van der Waals surface area contributed by atoms with E-state index in [1.807, 2.05) is 0 Å². The van der Waals surface area contributed by atoms with Crippen LogP contribution in [-0.2, 0) is 12.7 Å². The lowest BCUT2D eigenvalue weighted by Crippen LogP contribution is -2.04. The molecule has 1 heterocycles. The van der Waals surface area contributed by atoms with Crippen molar-refractivity contribution < 1.29 is 13.2 Å². The van der Waals surface area contributed by atoms with Crippen LogP contribution in [0.3, 0.4) is 0 Å². The Balaban J connectivity index is 2.21. The summed E-state index contributed by atoms with van der Waals surface area (Å²) in [7, 11) is 0. The van der Waals surface area contributed by atoms with Crippen LogP contribution < -0.4 is 0 Å². The Bertz CT molecular complexity index is 519. The number of hydrogen-bond donors (Lipinski definition) is 0. The lowest BCUT2D eigenvalue weighted by molar-refractivity contribution is -0.137. The molecule has 17 heavy (non-hydrogen) atoms. The average molecular weight is 260 g/mol. The molecule has 0 aliphatic rings. The van der Waals surface area contributed by atoms with Crippen molar-refractivity contribution in [1.82, 2.24) is 9.78 Å². The van der Waals surface area contributed by atoms with E-state index in [1.165, 1.54) is 4.68 Å². The Morgan fingerprint density at radius 1 is 1.41 bits per heavy atom. The summed E-state index contributed by atoms with van der Waals surface area (Å²) in [6, 6.07) is 7.68. The van der Waals surface area contributed by atoms with E-state index < -0.39 is 11.7 Å². The highest BCUT2D eigenvalue weighted by Crippen LogP contribution is 2.28. The van der Waals surface area contributed by atoms with Gasteiger partial charge in [0.05, 0.1) is 18.3 Å². The van der Waals surface area contributed by atoms with Crippen LogP contribution in [0.5, 0.6) is 0 Å². The summed E-state index contributed by atoms with van der Waals surface area (Å²) >= 11 is 5.88. The SMILES string of the molecule is FC(F)(F)c1cnn(Cc2cc[c]cc2Cl)c1. The monoisotopic (exact) mass is 259 g/mol. The highest BCUT2D eigenvalue weighted by atomic mass is 35.5. The molecular weight excluding hydrogens is 253 g/mol. The molecule has 0 bridgehead atoms. The van der Waals surface area contributed by atoms with E-state index in [2.05, 4.69) is 11.2 Å². The van der Waals surface area contributed by atoms with Crippen molar-refractivity contribution in [3.05, 3.63) is 52.8 Å². The van der Waals surface area contributed by atoms with Gasteiger partial charge in [-0.1, -0.05) is 23.7 Å². The van der Waals surface area contributed by atoms with Gasteiger partial charge in [0.1, 0.15) is 0 Å². The predicted molar refractivity (Wildman–Crippen MR) is 56.6 cm³/mol. The molecule has 1 radical (unpaired) electrons. The second kappa shape index (κ2) is 4.41. The van der Waals surface area contributed by atoms with Gasteiger partial charge in [0.25, 0.3) is 0 Å². The van der Waals surface area contributed by atoms with Crippen molar-refractivity contribution in [2.24, 2.45) is 0 Å². The first-order valence-electron chi connectivity index (χ1n) is 4.71. The number of halogens is 4. The van der Waals surface area contributed by atoms with Gasteiger partial charge in [-0.2, -0.15) is 18.3 Å². The summed E-state index contributed by atoms with van der Waals surface area (Å²) in [4.78, 5) is 0. The number of nitrogens with zero attached hydrogens (tertiary/aromatic N) is 2. The largest absolute Gasteiger partial charge is 0.419 e. The third-order valence-electron chi connectivity index (χ3n) is 2.19. The summed E-state index contributed by atoms with van der Waals surface area (Å²) in [6.45, 7) is 0.198. The summed E-state index contributed by atoms with van der Waals surface area (Å²) < 4.78 is 38.2. The van der Waals surface area contributed by atoms with E-state index in [4.69, 9.17) is 11.6 Å². The third kappa shape index (κ3) is 2.79. The first-order chi connectivity index (χ1) is 7.97. The molecule has 0 spiro atoms. The van der Waals surface area contributed by atoms with E-state index in [-0.39, 0.29) is 6.54 Å². The standard InChI is InChI=1S/C11H7ClF3N2/c12-10-4-2-1-3-8(10)6-17-7-9(5-16-17)11(13,14)15/h1,3-5,7H,6H2. The van der Waals surface area contributed by atoms with Gasteiger partial charge in [-0.15, -0.1) is 0 Å². The highest BCUT2D eigenvalue weighted by molar-refractivity contribution is 6.31. The van der Waals surface area contributed by atoms with Crippen LogP contribution in [0.1, 0.15) is 11.1 Å². The van der Waals surface area contributed by atoms with Crippen LogP contribution in [0.25, 0.3) is 0 Å². The molecule has 0 aliphatic carbocycles. The molecule has 0 saturated heterocycles. The Kier molecular flexibility index (Phi) is 3.11. The number of alkyl halides is 3. The smallest absolute Gasteiger partial charge is 0.268 e.